The van der Waals surface area contributed by atoms with E-state index in [0.29, 0.717) is 6.10 Å². The number of rotatable bonds is 4. The minimum absolute atomic E-state index is 0.404. The van der Waals surface area contributed by atoms with Gasteiger partial charge in [-0.2, -0.15) is 0 Å². The van der Waals surface area contributed by atoms with Crippen LogP contribution in [-0.2, 0) is 9.47 Å². The standard InChI is InChI=1S/C6H11O2.C2H5/c1-2-3-7-4-6-5-8-6;1-2/h6H,1-5H2;1H2,2H3. The van der Waals surface area contributed by atoms with Crippen LogP contribution in [0.25, 0.3) is 0 Å². The zero-order valence-electron chi connectivity index (χ0n) is 6.64. The predicted octanol–water partition coefficient (Wildman–Crippen LogP) is 1.47. The Labute approximate surface area is 63.5 Å². The summed E-state index contributed by atoms with van der Waals surface area (Å²) in [5.41, 5.74) is 0. The third-order valence-corrected chi connectivity index (χ3v) is 0.995. The molecule has 0 N–H and O–H groups in total. The third-order valence-electron chi connectivity index (χ3n) is 0.995. The van der Waals surface area contributed by atoms with Crippen LogP contribution in [0.1, 0.15) is 13.3 Å². The van der Waals surface area contributed by atoms with Crippen LogP contribution in [0.5, 0.6) is 0 Å². The van der Waals surface area contributed by atoms with Gasteiger partial charge < -0.3 is 9.47 Å². The minimum atomic E-state index is 0.404. The maximum absolute atomic E-state index is 5.12. The summed E-state index contributed by atoms with van der Waals surface area (Å²) in [7, 11) is 0. The van der Waals surface area contributed by atoms with E-state index >= 15 is 0 Å². The molecule has 0 aromatic rings. The number of hydrogen-bond donors (Lipinski definition) is 0. The van der Waals surface area contributed by atoms with Crippen molar-refractivity contribution in [3.05, 3.63) is 13.8 Å². The van der Waals surface area contributed by atoms with Gasteiger partial charge in [0.1, 0.15) is 6.10 Å². The average molecular weight is 144 g/mol. The number of ether oxygens (including phenoxy) is 2. The molecule has 2 heteroatoms. The van der Waals surface area contributed by atoms with Gasteiger partial charge in [0.25, 0.3) is 0 Å². The van der Waals surface area contributed by atoms with Crippen LogP contribution in [0.3, 0.4) is 0 Å². The van der Waals surface area contributed by atoms with E-state index in [-0.39, 0.29) is 0 Å². The Morgan fingerprint density at radius 1 is 1.60 bits per heavy atom. The van der Waals surface area contributed by atoms with Crippen LogP contribution in [0.2, 0.25) is 0 Å². The van der Waals surface area contributed by atoms with Crippen molar-refractivity contribution in [2.75, 3.05) is 19.8 Å². The molecule has 1 unspecified atom stereocenters. The molecule has 0 saturated carbocycles. The summed E-state index contributed by atoms with van der Waals surface area (Å²) in [6, 6.07) is 0. The lowest BCUT2D eigenvalue weighted by molar-refractivity contribution is 0.120. The van der Waals surface area contributed by atoms with Gasteiger partial charge in [-0.15, -0.1) is 0 Å². The van der Waals surface area contributed by atoms with Crippen LogP contribution >= 0.6 is 0 Å². The van der Waals surface area contributed by atoms with E-state index < -0.39 is 0 Å². The smallest absolute Gasteiger partial charge is 0.104 e. The first-order valence-corrected chi connectivity index (χ1v) is 3.63. The zero-order chi connectivity index (χ0) is 7.82. The second-order valence-electron chi connectivity index (χ2n) is 1.88. The Morgan fingerprint density at radius 3 is 2.60 bits per heavy atom. The van der Waals surface area contributed by atoms with Crippen LogP contribution in [0.15, 0.2) is 0 Å². The van der Waals surface area contributed by atoms with E-state index in [4.69, 9.17) is 9.47 Å². The topological polar surface area (TPSA) is 21.8 Å². The van der Waals surface area contributed by atoms with Gasteiger partial charge in [0.15, 0.2) is 0 Å². The molecule has 0 aliphatic carbocycles. The molecule has 0 bridgehead atoms. The van der Waals surface area contributed by atoms with E-state index in [1.54, 1.807) is 6.92 Å². The monoisotopic (exact) mass is 144 g/mol. The molecule has 10 heavy (non-hydrogen) atoms. The molecule has 1 atom stereocenters. The maximum atomic E-state index is 5.12. The molecule has 2 nitrogen and oxygen atoms in total. The number of epoxide rings is 1. The molecule has 1 aliphatic rings. The molecule has 2 radical (unpaired) electrons. The van der Waals surface area contributed by atoms with E-state index in [0.717, 1.165) is 26.2 Å². The van der Waals surface area contributed by atoms with Gasteiger partial charge in [-0.25, -0.2) is 0 Å². The predicted molar refractivity (Wildman–Crippen MR) is 41.6 cm³/mol. The Hall–Kier alpha value is -0.0800. The lowest BCUT2D eigenvalue weighted by Gasteiger charge is -1.95. The molecular weight excluding hydrogens is 128 g/mol. The van der Waals surface area contributed by atoms with Crippen molar-refractivity contribution in [1.29, 1.82) is 0 Å². The van der Waals surface area contributed by atoms with Gasteiger partial charge in [-0.05, 0) is 6.42 Å². The SMILES string of the molecule is [CH2]C.[CH2]CCOCC1CO1. The van der Waals surface area contributed by atoms with Crippen LogP contribution in [-0.4, -0.2) is 25.9 Å². The van der Waals surface area contributed by atoms with Crippen molar-refractivity contribution in [3.63, 3.8) is 0 Å². The van der Waals surface area contributed by atoms with Crippen LogP contribution in [0.4, 0.5) is 0 Å². The van der Waals surface area contributed by atoms with Crippen LogP contribution in [0, 0.1) is 13.8 Å². The average Bonchev–Trinajstić information content (AvgIpc) is 2.77. The van der Waals surface area contributed by atoms with Gasteiger partial charge in [0, 0.05) is 6.61 Å². The van der Waals surface area contributed by atoms with Gasteiger partial charge in [-0.3, -0.25) is 0 Å². The highest BCUT2D eigenvalue weighted by molar-refractivity contribution is 4.66. The summed E-state index contributed by atoms with van der Waals surface area (Å²) < 4.78 is 10.0. The molecule has 60 valence electrons. The van der Waals surface area contributed by atoms with Crippen molar-refractivity contribution < 1.29 is 9.47 Å². The summed E-state index contributed by atoms with van der Waals surface area (Å²) in [4.78, 5) is 0. The Kier molecular flexibility index (Phi) is 6.98. The fourth-order valence-corrected chi connectivity index (χ4v) is 0.481. The highest BCUT2D eigenvalue weighted by atomic mass is 16.6. The van der Waals surface area contributed by atoms with Crippen molar-refractivity contribution in [2.45, 2.75) is 19.4 Å². The van der Waals surface area contributed by atoms with Crippen molar-refractivity contribution in [3.8, 4) is 0 Å². The molecule has 1 rings (SSSR count). The van der Waals surface area contributed by atoms with Crippen molar-refractivity contribution >= 4 is 0 Å². The van der Waals surface area contributed by atoms with E-state index in [1.165, 1.54) is 0 Å². The second-order valence-corrected chi connectivity index (χ2v) is 1.88. The van der Waals surface area contributed by atoms with Crippen LogP contribution < -0.4 is 0 Å². The highest BCUT2D eigenvalue weighted by Gasteiger charge is 2.21. The molecule has 1 heterocycles. The number of hydrogen-bond acceptors (Lipinski definition) is 2. The summed E-state index contributed by atoms with van der Waals surface area (Å²) in [5.74, 6) is 0. The van der Waals surface area contributed by atoms with E-state index in [2.05, 4.69) is 13.8 Å². The summed E-state index contributed by atoms with van der Waals surface area (Å²) in [6.07, 6.45) is 1.26. The first kappa shape index (κ1) is 9.92. The normalized spacial score (nSPS) is 21.3. The Morgan fingerprint density at radius 2 is 2.20 bits per heavy atom. The molecule has 1 fully saturated rings. The third kappa shape index (κ3) is 6.05. The molecule has 0 spiro atoms. The molecule has 0 amide bonds. The van der Waals surface area contributed by atoms with Gasteiger partial charge in [-0.1, -0.05) is 20.8 Å². The lowest BCUT2D eigenvalue weighted by Crippen LogP contribution is -2.01. The van der Waals surface area contributed by atoms with Crippen molar-refractivity contribution in [2.24, 2.45) is 0 Å². The quantitative estimate of drug-likeness (QED) is 0.440. The largest absolute Gasteiger partial charge is 0.379 e. The highest BCUT2D eigenvalue weighted by Crippen LogP contribution is 2.08. The molecular formula is C8H16O2. The van der Waals surface area contributed by atoms with E-state index in [9.17, 15) is 0 Å². The van der Waals surface area contributed by atoms with Crippen molar-refractivity contribution in [1.82, 2.24) is 0 Å². The Bertz CT molecular complexity index is 60.3. The van der Waals surface area contributed by atoms with Gasteiger partial charge >= 0.3 is 0 Å². The molecule has 0 aromatic carbocycles. The maximum Gasteiger partial charge on any atom is 0.104 e. The van der Waals surface area contributed by atoms with E-state index in [1.807, 2.05) is 0 Å². The summed E-state index contributed by atoms with van der Waals surface area (Å²) in [5, 5.41) is 0. The molecule has 0 aromatic heterocycles. The fourth-order valence-electron chi connectivity index (χ4n) is 0.481. The summed E-state index contributed by atoms with van der Waals surface area (Å²) in [6.45, 7) is 11.0. The molecule has 1 saturated heterocycles. The van der Waals surface area contributed by atoms with Gasteiger partial charge in [0.2, 0.25) is 0 Å². The Balaban J connectivity index is 0.000000371. The minimum Gasteiger partial charge on any atom is -0.379 e. The first-order valence-electron chi connectivity index (χ1n) is 3.63. The first-order chi connectivity index (χ1) is 4.93. The molecule has 1 aliphatic heterocycles. The van der Waals surface area contributed by atoms with Gasteiger partial charge in [0.05, 0.1) is 13.2 Å². The fraction of sp³-hybridized carbons (Fsp3) is 0.750. The summed E-state index contributed by atoms with van der Waals surface area (Å²) >= 11 is 0. The lowest BCUT2D eigenvalue weighted by atomic mass is 10.5. The second kappa shape index (κ2) is 7.03. The zero-order valence-corrected chi connectivity index (χ0v) is 6.64.